The second kappa shape index (κ2) is 2.45. The zero-order chi connectivity index (χ0) is 5.82. The van der Waals surface area contributed by atoms with E-state index in [0.717, 1.165) is 0 Å². The Bertz CT molecular complexity index is 136. The molecule has 0 saturated heterocycles. The molecule has 0 aliphatic heterocycles. The normalized spacial score (nSPS) is 9.62. The fourth-order valence-electron chi connectivity index (χ4n) is 0.517. The number of aryl methyl sites for hydroxylation is 1. The molecule has 0 amide bonds. The number of alkyl halides is 1. The van der Waals surface area contributed by atoms with Crippen molar-refractivity contribution in [2.24, 2.45) is 0 Å². The molecule has 2 nitrogen and oxygen atoms in total. The van der Waals surface area contributed by atoms with Crippen molar-refractivity contribution < 1.29 is 4.39 Å². The topological polar surface area (TPSA) is 17.8 Å². The van der Waals surface area contributed by atoms with E-state index in [1.54, 1.807) is 23.3 Å². The van der Waals surface area contributed by atoms with Crippen LogP contribution in [0.25, 0.3) is 0 Å². The maximum absolute atomic E-state index is 11.5. The monoisotopic (exact) mass is 114 g/mol. The van der Waals surface area contributed by atoms with Crippen molar-refractivity contribution in [1.82, 2.24) is 9.55 Å². The molecule has 0 aliphatic rings. The molecule has 8 heavy (non-hydrogen) atoms. The Balaban J connectivity index is 2.50. The third kappa shape index (κ3) is 1.05. The Morgan fingerprint density at radius 1 is 1.62 bits per heavy atom. The van der Waals surface area contributed by atoms with Crippen LogP contribution in [0.3, 0.4) is 0 Å². The zero-order valence-electron chi connectivity index (χ0n) is 4.42. The number of nitrogens with zero attached hydrogens (tertiary/aromatic N) is 2. The van der Waals surface area contributed by atoms with Crippen molar-refractivity contribution in [3.05, 3.63) is 18.7 Å². The SMILES string of the molecule is FCCn1ccnc1. The average Bonchev–Trinajstić information content (AvgIpc) is 2.19. The Morgan fingerprint density at radius 2 is 2.50 bits per heavy atom. The van der Waals surface area contributed by atoms with Gasteiger partial charge < -0.3 is 4.57 Å². The van der Waals surface area contributed by atoms with Crippen LogP contribution in [0.5, 0.6) is 0 Å². The van der Waals surface area contributed by atoms with Gasteiger partial charge in [-0.3, -0.25) is 0 Å². The Morgan fingerprint density at radius 3 is 3.00 bits per heavy atom. The molecule has 3 heteroatoms. The molecule has 0 aromatic carbocycles. The van der Waals surface area contributed by atoms with Crippen LogP contribution in [0.1, 0.15) is 0 Å². The van der Waals surface area contributed by atoms with Crippen LogP contribution >= 0.6 is 0 Å². The highest BCUT2D eigenvalue weighted by Crippen LogP contribution is 1.84. The van der Waals surface area contributed by atoms with Gasteiger partial charge in [-0.2, -0.15) is 0 Å². The fraction of sp³-hybridized carbons (Fsp3) is 0.400. The summed E-state index contributed by atoms with van der Waals surface area (Å²) >= 11 is 0. The lowest BCUT2D eigenvalue weighted by atomic mass is 10.7. The van der Waals surface area contributed by atoms with Crippen molar-refractivity contribution >= 4 is 0 Å². The Labute approximate surface area is 47.0 Å². The summed E-state index contributed by atoms with van der Waals surface area (Å²) in [4.78, 5) is 3.74. The van der Waals surface area contributed by atoms with Gasteiger partial charge in [0.05, 0.1) is 12.9 Å². The first kappa shape index (κ1) is 5.28. The maximum atomic E-state index is 11.5. The first-order valence-corrected chi connectivity index (χ1v) is 2.45. The first-order valence-electron chi connectivity index (χ1n) is 2.45. The minimum atomic E-state index is -0.323. The minimum Gasteiger partial charge on any atom is -0.335 e. The third-order valence-corrected chi connectivity index (χ3v) is 0.902. The van der Waals surface area contributed by atoms with E-state index >= 15 is 0 Å². The van der Waals surface area contributed by atoms with E-state index in [9.17, 15) is 4.39 Å². The number of halogens is 1. The van der Waals surface area contributed by atoms with E-state index in [4.69, 9.17) is 0 Å². The fourth-order valence-corrected chi connectivity index (χ4v) is 0.517. The second-order valence-electron chi connectivity index (χ2n) is 1.49. The highest BCUT2D eigenvalue weighted by atomic mass is 19.1. The molecule has 0 aliphatic carbocycles. The van der Waals surface area contributed by atoms with E-state index in [1.807, 2.05) is 0 Å². The molecule has 1 aromatic heterocycles. The molecule has 44 valence electrons. The van der Waals surface area contributed by atoms with Gasteiger partial charge in [-0.25, -0.2) is 9.37 Å². The van der Waals surface area contributed by atoms with Gasteiger partial charge in [-0.05, 0) is 0 Å². The standard InChI is InChI=1S/C5H7FN2/c6-1-3-8-4-2-7-5-8/h2,4-5H,1,3H2. The summed E-state index contributed by atoms with van der Waals surface area (Å²) in [5.74, 6) is 0. The summed E-state index contributed by atoms with van der Waals surface area (Å²) in [7, 11) is 0. The van der Waals surface area contributed by atoms with Gasteiger partial charge >= 0.3 is 0 Å². The van der Waals surface area contributed by atoms with Crippen LogP contribution in [-0.4, -0.2) is 16.2 Å². The maximum Gasteiger partial charge on any atom is 0.107 e. The lowest BCUT2D eigenvalue weighted by molar-refractivity contribution is 0.445. The van der Waals surface area contributed by atoms with E-state index < -0.39 is 0 Å². The average molecular weight is 114 g/mol. The lowest BCUT2D eigenvalue weighted by Crippen LogP contribution is -1.94. The van der Waals surface area contributed by atoms with E-state index in [0.29, 0.717) is 6.54 Å². The molecular formula is C5H7FN2. The van der Waals surface area contributed by atoms with Gasteiger partial charge in [0.25, 0.3) is 0 Å². The predicted octanol–water partition coefficient (Wildman–Crippen LogP) is 0.853. The molecule has 0 unspecified atom stereocenters. The molecule has 0 spiro atoms. The molecular weight excluding hydrogens is 107 g/mol. The third-order valence-electron chi connectivity index (χ3n) is 0.902. The summed E-state index contributed by atoms with van der Waals surface area (Å²) in [6.45, 7) is 0.0936. The molecule has 1 aromatic rings. The van der Waals surface area contributed by atoms with Crippen LogP contribution < -0.4 is 0 Å². The summed E-state index contributed by atoms with van der Waals surface area (Å²) < 4.78 is 13.2. The van der Waals surface area contributed by atoms with E-state index in [1.165, 1.54) is 0 Å². The summed E-state index contributed by atoms with van der Waals surface area (Å²) in [6.07, 6.45) is 4.97. The lowest BCUT2D eigenvalue weighted by Gasteiger charge is -1.91. The van der Waals surface area contributed by atoms with Crippen LogP contribution in [-0.2, 0) is 6.54 Å². The van der Waals surface area contributed by atoms with Crippen molar-refractivity contribution in [3.63, 3.8) is 0 Å². The quantitative estimate of drug-likeness (QED) is 0.557. The molecule has 0 bridgehead atoms. The molecule has 1 heterocycles. The highest BCUT2D eigenvalue weighted by molar-refractivity contribution is 4.73. The van der Waals surface area contributed by atoms with Crippen LogP contribution in [0, 0.1) is 0 Å². The largest absolute Gasteiger partial charge is 0.335 e. The van der Waals surface area contributed by atoms with Gasteiger partial charge in [0.1, 0.15) is 6.67 Å². The predicted molar refractivity (Wildman–Crippen MR) is 28.2 cm³/mol. The molecule has 0 N–H and O–H groups in total. The summed E-state index contributed by atoms with van der Waals surface area (Å²) in [5.41, 5.74) is 0. The summed E-state index contributed by atoms with van der Waals surface area (Å²) in [5, 5.41) is 0. The number of hydrogen-bond acceptors (Lipinski definition) is 1. The highest BCUT2D eigenvalue weighted by Gasteiger charge is 1.84. The zero-order valence-corrected chi connectivity index (χ0v) is 4.42. The number of hydrogen-bond donors (Lipinski definition) is 0. The Kier molecular flexibility index (Phi) is 1.62. The molecule has 0 saturated carbocycles. The number of imidazole rings is 1. The number of aromatic nitrogens is 2. The van der Waals surface area contributed by atoms with Crippen molar-refractivity contribution in [3.8, 4) is 0 Å². The molecule has 0 radical (unpaired) electrons. The summed E-state index contributed by atoms with van der Waals surface area (Å²) in [6, 6.07) is 0. The van der Waals surface area contributed by atoms with Gasteiger partial charge in [0.15, 0.2) is 0 Å². The minimum absolute atomic E-state index is 0.323. The van der Waals surface area contributed by atoms with E-state index in [-0.39, 0.29) is 6.67 Å². The molecule has 0 fully saturated rings. The van der Waals surface area contributed by atoms with E-state index in [2.05, 4.69) is 4.98 Å². The van der Waals surface area contributed by atoms with Gasteiger partial charge in [0.2, 0.25) is 0 Å². The van der Waals surface area contributed by atoms with Crippen molar-refractivity contribution in [1.29, 1.82) is 0 Å². The van der Waals surface area contributed by atoms with Gasteiger partial charge in [-0.15, -0.1) is 0 Å². The van der Waals surface area contributed by atoms with Gasteiger partial charge in [-0.1, -0.05) is 0 Å². The number of rotatable bonds is 2. The molecule has 1 rings (SSSR count). The first-order chi connectivity index (χ1) is 3.93. The second-order valence-corrected chi connectivity index (χ2v) is 1.49. The van der Waals surface area contributed by atoms with Crippen LogP contribution in [0.15, 0.2) is 18.7 Å². The molecule has 0 atom stereocenters. The van der Waals surface area contributed by atoms with Crippen LogP contribution in [0.4, 0.5) is 4.39 Å². The van der Waals surface area contributed by atoms with Gasteiger partial charge in [0, 0.05) is 12.4 Å². The van der Waals surface area contributed by atoms with Crippen molar-refractivity contribution in [2.45, 2.75) is 6.54 Å². The van der Waals surface area contributed by atoms with Crippen molar-refractivity contribution in [2.75, 3.05) is 6.67 Å². The Hall–Kier alpha value is -0.860. The smallest absolute Gasteiger partial charge is 0.107 e. The van der Waals surface area contributed by atoms with Crippen LogP contribution in [0.2, 0.25) is 0 Å².